The Kier molecular flexibility index (Phi) is 9.46. The van der Waals surface area contributed by atoms with Crippen molar-refractivity contribution in [3.8, 4) is 0 Å². The molecular weight excluding hydrogens is 534 g/mol. The molecule has 39 heavy (non-hydrogen) atoms. The molecule has 0 aliphatic carbocycles. The van der Waals surface area contributed by atoms with Crippen LogP contribution in [-0.2, 0) is 26.2 Å². The van der Waals surface area contributed by atoms with Gasteiger partial charge in [0.2, 0.25) is 11.8 Å². The van der Waals surface area contributed by atoms with Gasteiger partial charge in [0.1, 0.15) is 12.6 Å². The van der Waals surface area contributed by atoms with Gasteiger partial charge in [-0.2, -0.15) is 0 Å². The van der Waals surface area contributed by atoms with E-state index in [9.17, 15) is 18.0 Å². The van der Waals surface area contributed by atoms with Gasteiger partial charge in [0.15, 0.2) is 0 Å². The molecule has 0 unspecified atom stereocenters. The Hall–Kier alpha value is -3.36. The topological polar surface area (TPSA) is 86.8 Å². The number of amides is 2. The molecule has 0 radical (unpaired) electrons. The number of hydrogen-bond donors (Lipinski definition) is 1. The standard InChI is InChI=1S/C30H36ClN3O4S/c1-21-7-15-26(16-8-21)34(39(37,38)27-17-9-22(2)10-18-27)20-28(35)33(19-24-11-13-25(31)14-12-24)23(3)29(36)32-30(4,5)6/h7-18,23H,19-20H2,1-6H3,(H,32,36)/t23-/m0/s1. The molecule has 1 atom stereocenters. The fourth-order valence-corrected chi connectivity index (χ4v) is 5.46. The number of carbonyl (C=O) groups is 2. The van der Waals surface area contributed by atoms with E-state index in [-0.39, 0.29) is 17.3 Å². The molecule has 0 saturated heterocycles. The summed E-state index contributed by atoms with van der Waals surface area (Å²) in [5.74, 6) is -0.856. The number of nitrogens with zero attached hydrogens (tertiary/aromatic N) is 2. The molecule has 9 heteroatoms. The smallest absolute Gasteiger partial charge is 0.264 e. The van der Waals surface area contributed by atoms with Gasteiger partial charge < -0.3 is 10.2 Å². The van der Waals surface area contributed by atoms with Crippen LogP contribution in [0.1, 0.15) is 44.4 Å². The van der Waals surface area contributed by atoms with Crippen LogP contribution in [0.5, 0.6) is 0 Å². The third-order valence-corrected chi connectivity index (χ3v) is 8.18. The van der Waals surface area contributed by atoms with Gasteiger partial charge in [-0.1, -0.05) is 59.1 Å². The summed E-state index contributed by atoms with van der Waals surface area (Å²) in [4.78, 5) is 28.5. The summed E-state index contributed by atoms with van der Waals surface area (Å²) < 4.78 is 28.8. The van der Waals surface area contributed by atoms with E-state index in [1.165, 1.54) is 17.0 Å². The number of rotatable bonds is 9. The molecule has 2 amide bonds. The second-order valence-electron chi connectivity index (χ2n) is 10.7. The Bertz CT molecular complexity index is 1400. The summed E-state index contributed by atoms with van der Waals surface area (Å²) in [6.45, 7) is 10.6. The summed E-state index contributed by atoms with van der Waals surface area (Å²) in [6.07, 6.45) is 0. The molecule has 1 N–H and O–H groups in total. The zero-order valence-electron chi connectivity index (χ0n) is 23.2. The van der Waals surface area contributed by atoms with Gasteiger partial charge in [-0.3, -0.25) is 13.9 Å². The summed E-state index contributed by atoms with van der Waals surface area (Å²) in [5, 5.41) is 3.46. The quantitative estimate of drug-likeness (QED) is 0.369. The molecule has 3 rings (SSSR count). The first kappa shape index (κ1) is 30.2. The van der Waals surface area contributed by atoms with Crippen LogP contribution >= 0.6 is 11.6 Å². The maximum Gasteiger partial charge on any atom is 0.264 e. The van der Waals surface area contributed by atoms with Crippen molar-refractivity contribution < 1.29 is 18.0 Å². The highest BCUT2D eigenvalue weighted by molar-refractivity contribution is 7.92. The fraction of sp³-hybridized carbons (Fsp3) is 0.333. The van der Waals surface area contributed by atoms with Crippen LogP contribution in [-0.4, -0.2) is 43.3 Å². The van der Waals surface area contributed by atoms with E-state index in [1.807, 2.05) is 34.6 Å². The van der Waals surface area contributed by atoms with E-state index < -0.39 is 34.1 Å². The molecule has 0 fully saturated rings. The summed E-state index contributed by atoms with van der Waals surface area (Å²) in [7, 11) is -4.10. The molecule has 0 aromatic heterocycles. The van der Waals surface area contributed by atoms with E-state index in [2.05, 4.69) is 5.32 Å². The number of hydrogen-bond acceptors (Lipinski definition) is 4. The first-order valence-corrected chi connectivity index (χ1v) is 14.5. The highest BCUT2D eigenvalue weighted by Gasteiger charge is 2.33. The maximum atomic E-state index is 13.9. The Balaban J connectivity index is 2.02. The third kappa shape index (κ3) is 8.07. The summed E-state index contributed by atoms with van der Waals surface area (Å²) in [5.41, 5.74) is 2.47. The molecule has 3 aromatic rings. The average molecular weight is 570 g/mol. The minimum atomic E-state index is -4.10. The third-order valence-electron chi connectivity index (χ3n) is 6.14. The lowest BCUT2D eigenvalue weighted by Crippen LogP contribution is -2.54. The molecule has 7 nitrogen and oxygen atoms in total. The Morgan fingerprint density at radius 1 is 0.872 bits per heavy atom. The Morgan fingerprint density at radius 3 is 1.90 bits per heavy atom. The lowest BCUT2D eigenvalue weighted by molar-refractivity contribution is -0.140. The number of carbonyl (C=O) groups excluding carboxylic acids is 2. The van der Waals surface area contributed by atoms with Gasteiger partial charge in [-0.15, -0.1) is 0 Å². The lowest BCUT2D eigenvalue weighted by atomic mass is 10.1. The van der Waals surface area contributed by atoms with Crippen molar-refractivity contribution in [1.29, 1.82) is 0 Å². The van der Waals surface area contributed by atoms with Crippen molar-refractivity contribution in [3.63, 3.8) is 0 Å². The molecule has 0 aliphatic heterocycles. The normalized spacial score (nSPS) is 12.5. The fourth-order valence-electron chi connectivity index (χ4n) is 3.92. The number of anilines is 1. The molecule has 0 bridgehead atoms. The van der Waals surface area contributed by atoms with Gasteiger partial charge in [0, 0.05) is 17.1 Å². The molecule has 0 heterocycles. The van der Waals surface area contributed by atoms with Crippen LogP contribution in [0.15, 0.2) is 77.7 Å². The predicted octanol–water partition coefficient (Wildman–Crippen LogP) is 5.48. The summed E-state index contributed by atoms with van der Waals surface area (Å²) >= 11 is 6.04. The minimum absolute atomic E-state index is 0.0734. The first-order chi connectivity index (χ1) is 18.2. The summed E-state index contributed by atoms with van der Waals surface area (Å²) in [6, 6.07) is 19.5. The van der Waals surface area contributed by atoms with Crippen molar-refractivity contribution in [1.82, 2.24) is 10.2 Å². The Labute approximate surface area is 236 Å². The van der Waals surface area contributed by atoms with Gasteiger partial charge in [-0.25, -0.2) is 8.42 Å². The Morgan fingerprint density at radius 2 is 1.38 bits per heavy atom. The molecule has 0 saturated carbocycles. The lowest BCUT2D eigenvalue weighted by Gasteiger charge is -2.33. The van der Waals surface area contributed by atoms with E-state index in [0.717, 1.165) is 21.0 Å². The molecular formula is C30H36ClN3O4S. The van der Waals surface area contributed by atoms with E-state index in [1.54, 1.807) is 67.6 Å². The van der Waals surface area contributed by atoms with Crippen LogP contribution in [0.25, 0.3) is 0 Å². The zero-order chi connectivity index (χ0) is 29.0. The van der Waals surface area contributed by atoms with Gasteiger partial charge in [0.05, 0.1) is 10.6 Å². The number of benzene rings is 3. The number of sulfonamides is 1. The second-order valence-corrected chi connectivity index (χ2v) is 13.0. The van der Waals surface area contributed by atoms with E-state index >= 15 is 0 Å². The van der Waals surface area contributed by atoms with Gasteiger partial charge in [-0.05, 0) is 83.5 Å². The molecule has 0 aliphatic rings. The largest absolute Gasteiger partial charge is 0.350 e. The first-order valence-electron chi connectivity index (χ1n) is 12.7. The van der Waals surface area contributed by atoms with Crippen molar-refractivity contribution in [3.05, 3.63) is 94.5 Å². The van der Waals surface area contributed by atoms with Crippen LogP contribution in [0.3, 0.4) is 0 Å². The van der Waals surface area contributed by atoms with Crippen LogP contribution in [0, 0.1) is 13.8 Å². The van der Waals surface area contributed by atoms with Crippen molar-refractivity contribution in [2.75, 3.05) is 10.8 Å². The number of nitrogens with one attached hydrogen (secondary N) is 1. The zero-order valence-corrected chi connectivity index (χ0v) is 24.8. The van der Waals surface area contributed by atoms with Crippen molar-refractivity contribution in [2.45, 2.75) is 64.6 Å². The monoisotopic (exact) mass is 569 g/mol. The average Bonchev–Trinajstić information content (AvgIpc) is 2.86. The molecule has 3 aromatic carbocycles. The van der Waals surface area contributed by atoms with E-state index in [0.29, 0.717) is 10.7 Å². The maximum absolute atomic E-state index is 13.9. The molecule has 0 spiro atoms. The van der Waals surface area contributed by atoms with Gasteiger partial charge >= 0.3 is 0 Å². The predicted molar refractivity (Wildman–Crippen MR) is 156 cm³/mol. The SMILES string of the molecule is Cc1ccc(N(CC(=O)N(Cc2ccc(Cl)cc2)[C@@H](C)C(=O)NC(C)(C)C)S(=O)(=O)c2ccc(C)cc2)cc1. The molecule has 208 valence electrons. The van der Waals surface area contributed by atoms with Gasteiger partial charge in [0.25, 0.3) is 10.0 Å². The van der Waals surface area contributed by atoms with Crippen LogP contribution < -0.4 is 9.62 Å². The highest BCUT2D eigenvalue weighted by Crippen LogP contribution is 2.25. The second kappa shape index (κ2) is 12.2. The number of aryl methyl sites for hydroxylation is 2. The number of halogens is 1. The van der Waals surface area contributed by atoms with Crippen LogP contribution in [0.4, 0.5) is 5.69 Å². The van der Waals surface area contributed by atoms with Crippen LogP contribution in [0.2, 0.25) is 5.02 Å². The highest BCUT2D eigenvalue weighted by atomic mass is 35.5. The minimum Gasteiger partial charge on any atom is -0.350 e. The van der Waals surface area contributed by atoms with E-state index in [4.69, 9.17) is 11.6 Å². The van der Waals surface area contributed by atoms with Crippen molar-refractivity contribution >= 4 is 39.1 Å². The van der Waals surface area contributed by atoms with Crippen molar-refractivity contribution in [2.24, 2.45) is 0 Å².